The zero-order valence-corrected chi connectivity index (χ0v) is 21.5. The third kappa shape index (κ3) is 5.44. The molecule has 0 unspecified atom stereocenters. The number of benzene rings is 2. The molecule has 0 radical (unpaired) electrons. The normalized spacial score (nSPS) is 16.1. The molecule has 0 spiro atoms. The van der Waals surface area contributed by atoms with Crippen molar-refractivity contribution in [3.05, 3.63) is 53.1 Å². The Bertz CT molecular complexity index is 948. The molecule has 1 aliphatic heterocycles. The number of carbonyl (C=O) groups is 1. The fraction of sp³-hybridized carbons (Fsp3) is 0.500. The Balaban J connectivity index is 2.00. The smallest absolute Gasteiger partial charge is 0.232 e. The van der Waals surface area contributed by atoms with E-state index in [0.717, 1.165) is 34.7 Å². The molecule has 2 aromatic rings. The molecule has 0 aliphatic carbocycles. The summed E-state index contributed by atoms with van der Waals surface area (Å²) in [7, 11) is 1.69. The Labute approximate surface area is 201 Å². The molecule has 1 aliphatic rings. The molecule has 0 aromatic heterocycles. The van der Waals surface area contributed by atoms with Crippen molar-refractivity contribution in [2.45, 2.75) is 63.1 Å². The number of nitrogens with zero attached hydrogens (tertiary/aromatic N) is 1. The number of carbonyl (C=O) groups excluding carboxylic acids is 1. The Morgan fingerprint density at radius 2 is 1.84 bits per heavy atom. The number of hydrogen-bond donors (Lipinski definition) is 0. The van der Waals surface area contributed by atoms with Gasteiger partial charge in [-0.2, -0.15) is 0 Å². The van der Waals surface area contributed by atoms with Gasteiger partial charge in [0.25, 0.3) is 0 Å². The number of thioether (sulfide) groups is 1. The second-order valence-electron chi connectivity index (χ2n) is 9.57. The third-order valence-electron chi connectivity index (χ3n) is 5.77. The zero-order chi connectivity index (χ0) is 23.5. The van der Waals surface area contributed by atoms with Gasteiger partial charge < -0.3 is 14.4 Å². The van der Waals surface area contributed by atoms with E-state index in [-0.39, 0.29) is 16.7 Å². The number of amides is 1. The molecule has 32 heavy (non-hydrogen) atoms. The Kier molecular flexibility index (Phi) is 7.85. The second kappa shape index (κ2) is 10.1. The minimum Gasteiger partial charge on any atom is -0.497 e. The Morgan fingerprint density at radius 1 is 1.16 bits per heavy atom. The molecule has 4 nitrogen and oxygen atoms in total. The summed E-state index contributed by atoms with van der Waals surface area (Å²) in [5.41, 5.74) is 1.43. The Morgan fingerprint density at radius 3 is 2.41 bits per heavy atom. The number of ether oxygens (including phenoxy) is 2. The van der Waals surface area contributed by atoms with Crippen molar-refractivity contribution in [2.24, 2.45) is 5.41 Å². The highest BCUT2D eigenvalue weighted by atomic mass is 35.5. The summed E-state index contributed by atoms with van der Waals surface area (Å²) in [6, 6.07) is 14.3. The zero-order valence-electron chi connectivity index (χ0n) is 19.9. The summed E-state index contributed by atoms with van der Waals surface area (Å²) in [5.74, 6) is 0.910. The number of anilines is 1. The number of halogens is 1. The van der Waals surface area contributed by atoms with Crippen LogP contribution < -0.4 is 9.64 Å². The average Bonchev–Trinajstić information content (AvgIpc) is 2.74. The summed E-state index contributed by atoms with van der Waals surface area (Å²) < 4.78 is 11.0. The van der Waals surface area contributed by atoms with Crippen molar-refractivity contribution in [3.8, 4) is 5.75 Å². The van der Waals surface area contributed by atoms with Gasteiger partial charge in [-0.25, -0.2) is 0 Å². The van der Waals surface area contributed by atoms with Crippen LogP contribution in [0, 0.1) is 5.41 Å². The van der Waals surface area contributed by atoms with E-state index in [1.54, 1.807) is 7.11 Å². The number of methoxy groups -OCH3 is 1. The van der Waals surface area contributed by atoms with Crippen LogP contribution in [0.3, 0.4) is 0 Å². The molecule has 1 saturated heterocycles. The molecule has 2 aromatic carbocycles. The maximum atomic E-state index is 13.1. The van der Waals surface area contributed by atoms with Gasteiger partial charge in [-0.05, 0) is 62.6 Å². The van der Waals surface area contributed by atoms with Crippen molar-refractivity contribution in [1.82, 2.24) is 0 Å². The lowest BCUT2D eigenvalue weighted by molar-refractivity contribution is -0.126. The summed E-state index contributed by atoms with van der Waals surface area (Å²) in [6.45, 7) is 11.3. The molecule has 1 fully saturated rings. The Hall–Kier alpha value is -1.69. The SMILES string of the molecule is COc1cccc(SC2(c3ccc(N(C(=O)C(C)(C)C)C(C)C)c(Cl)c3)CCOCC2)c1. The molecular formula is C26H34ClNO3S. The van der Waals surface area contributed by atoms with E-state index in [2.05, 4.69) is 18.2 Å². The maximum Gasteiger partial charge on any atom is 0.232 e. The first-order valence-electron chi connectivity index (χ1n) is 11.1. The quantitative estimate of drug-likeness (QED) is 0.453. The topological polar surface area (TPSA) is 38.8 Å². The van der Waals surface area contributed by atoms with Gasteiger partial charge in [0.2, 0.25) is 5.91 Å². The predicted octanol–water partition coefficient (Wildman–Crippen LogP) is 6.93. The fourth-order valence-electron chi connectivity index (χ4n) is 4.01. The van der Waals surface area contributed by atoms with Crippen LogP contribution in [0.15, 0.2) is 47.4 Å². The van der Waals surface area contributed by atoms with Gasteiger partial charge in [-0.15, -0.1) is 11.8 Å². The highest BCUT2D eigenvalue weighted by Crippen LogP contribution is 2.50. The summed E-state index contributed by atoms with van der Waals surface area (Å²) >= 11 is 8.68. The van der Waals surface area contributed by atoms with Crippen molar-refractivity contribution in [1.29, 1.82) is 0 Å². The van der Waals surface area contributed by atoms with Gasteiger partial charge in [0, 0.05) is 34.3 Å². The summed E-state index contributed by atoms with van der Waals surface area (Å²) in [5, 5.41) is 0.603. The van der Waals surface area contributed by atoms with Crippen LogP contribution in [0.4, 0.5) is 5.69 Å². The van der Waals surface area contributed by atoms with Gasteiger partial charge in [0.1, 0.15) is 5.75 Å². The van der Waals surface area contributed by atoms with Crippen molar-refractivity contribution in [2.75, 3.05) is 25.2 Å². The van der Waals surface area contributed by atoms with E-state index in [4.69, 9.17) is 21.1 Å². The summed E-state index contributed by atoms with van der Waals surface area (Å²) in [4.78, 5) is 16.1. The van der Waals surface area contributed by atoms with Gasteiger partial charge in [0.05, 0.1) is 17.8 Å². The third-order valence-corrected chi connectivity index (χ3v) is 7.59. The average molecular weight is 476 g/mol. The van der Waals surface area contributed by atoms with E-state index in [1.165, 1.54) is 0 Å². The lowest BCUT2D eigenvalue weighted by Gasteiger charge is -2.38. The van der Waals surface area contributed by atoms with E-state index in [1.807, 2.05) is 75.5 Å². The lowest BCUT2D eigenvalue weighted by atomic mass is 9.89. The molecule has 3 rings (SSSR count). The standard InChI is InChI=1S/C26H34ClNO3S/c1-18(2)28(24(29)25(3,4)5)23-11-10-19(16-22(23)27)26(12-14-31-15-13-26)32-21-9-7-8-20(17-21)30-6/h7-11,16-18H,12-15H2,1-6H3. The fourth-order valence-corrected chi connectivity index (χ4v) is 5.67. The van der Waals surface area contributed by atoms with Crippen LogP contribution >= 0.6 is 23.4 Å². The molecular weight excluding hydrogens is 442 g/mol. The van der Waals surface area contributed by atoms with Gasteiger partial charge in [-0.1, -0.05) is 44.5 Å². The predicted molar refractivity (Wildman–Crippen MR) is 134 cm³/mol. The van der Waals surface area contributed by atoms with Crippen molar-refractivity contribution >= 4 is 35.0 Å². The highest BCUT2D eigenvalue weighted by Gasteiger charge is 2.37. The van der Waals surface area contributed by atoms with Crippen LogP contribution in [-0.4, -0.2) is 32.3 Å². The van der Waals surface area contributed by atoms with E-state index < -0.39 is 5.41 Å². The molecule has 6 heteroatoms. The monoisotopic (exact) mass is 475 g/mol. The molecule has 0 atom stereocenters. The first kappa shape index (κ1) is 24.9. The number of hydrogen-bond acceptors (Lipinski definition) is 4. The van der Waals surface area contributed by atoms with Crippen LogP contribution in [0.2, 0.25) is 5.02 Å². The maximum absolute atomic E-state index is 13.1. The summed E-state index contributed by atoms with van der Waals surface area (Å²) in [6.07, 6.45) is 1.78. The van der Waals surface area contributed by atoms with E-state index in [0.29, 0.717) is 18.2 Å². The lowest BCUT2D eigenvalue weighted by Crippen LogP contribution is -2.44. The van der Waals surface area contributed by atoms with Crippen LogP contribution in [-0.2, 0) is 14.3 Å². The minimum absolute atomic E-state index is 0.00766. The first-order valence-corrected chi connectivity index (χ1v) is 12.3. The van der Waals surface area contributed by atoms with Crippen LogP contribution in [0.25, 0.3) is 0 Å². The van der Waals surface area contributed by atoms with Crippen molar-refractivity contribution in [3.63, 3.8) is 0 Å². The van der Waals surface area contributed by atoms with Crippen LogP contribution in [0.5, 0.6) is 5.75 Å². The molecule has 1 heterocycles. The number of rotatable bonds is 6. The largest absolute Gasteiger partial charge is 0.497 e. The van der Waals surface area contributed by atoms with Crippen molar-refractivity contribution < 1.29 is 14.3 Å². The van der Waals surface area contributed by atoms with Gasteiger partial charge in [0.15, 0.2) is 0 Å². The molecule has 174 valence electrons. The second-order valence-corrected chi connectivity index (χ2v) is 11.4. The molecule has 0 bridgehead atoms. The van der Waals surface area contributed by atoms with Gasteiger partial charge >= 0.3 is 0 Å². The van der Waals surface area contributed by atoms with Crippen LogP contribution in [0.1, 0.15) is 53.0 Å². The van der Waals surface area contributed by atoms with E-state index >= 15 is 0 Å². The van der Waals surface area contributed by atoms with Gasteiger partial charge in [-0.3, -0.25) is 4.79 Å². The first-order chi connectivity index (χ1) is 15.1. The van der Waals surface area contributed by atoms with E-state index in [9.17, 15) is 4.79 Å². The molecule has 1 amide bonds. The highest BCUT2D eigenvalue weighted by molar-refractivity contribution is 8.00. The minimum atomic E-state index is -0.490. The molecule has 0 N–H and O–H groups in total. The molecule has 0 saturated carbocycles.